The van der Waals surface area contributed by atoms with Gasteiger partial charge >= 0.3 is 5.97 Å². The number of carbonyl (C=O) groups is 2. The molecular formula is C18H18N2O3S. The minimum atomic E-state index is -0.568. The van der Waals surface area contributed by atoms with Gasteiger partial charge in [0.05, 0.1) is 17.9 Å². The molecular weight excluding hydrogens is 324 g/mol. The number of hydrogen-bond acceptors (Lipinski definition) is 5. The summed E-state index contributed by atoms with van der Waals surface area (Å²) < 4.78 is 4.90. The highest BCUT2D eigenvalue weighted by Crippen LogP contribution is 2.25. The molecule has 1 amide bonds. The second kappa shape index (κ2) is 7.49. The third kappa shape index (κ3) is 3.59. The van der Waals surface area contributed by atoms with E-state index < -0.39 is 6.04 Å². The first-order valence-electron chi connectivity index (χ1n) is 7.67. The number of hydrogen-bond donors (Lipinski definition) is 0. The highest BCUT2D eigenvalue weighted by atomic mass is 32.2. The van der Waals surface area contributed by atoms with Gasteiger partial charge in [-0.2, -0.15) is 0 Å². The van der Waals surface area contributed by atoms with Crippen molar-refractivity contribution in [1.82, 2.24) is 9.88 Å². The molecule has 2 aromatic rings. The number of pyridine rings is 1. The van der Waals surface area contributed by atoms with Gasteiger partial charge in [0, 0.05) is 19.2 Å². The standard InChI is InChI=1S/C18H18N2O3S/c1-23-18(22)15-10-13-6-2-3-7-14(13)11-20(15)17(21)12-24-16-8-4-5-9-19-16/h2-9,15H,10-12H2,1H3/t15-/m1/s1. The van der Waals surface area contributed by atoms with Crippen LogP contribution in [0, 0.1) is 0 Å². The molecule has 1 atom stereocenters. The number of amides is 1. The van der Waals surface area contributed by atoms with Crippen LogP contribution >= 0.6 is 11.8 Å². The van der Waals surface area contributed by atoms with Crippen molar-refractivity contribution in [3.63, 3.8) is 0 Å². The Morgan fingerprint density at radius 2 is 1.96 bits per heavy atom. The lowest BCUT2D eigenvalue weighted by atomic mass is 9.94. The van der Waals surface area contributed by atoms with E-state index in [-0.39, 0.29) is 17.6 Å². The molecule has 0 aliphatic carbocycles. The molecule has 1 aromatic heterocycles. The number of aromatic nitrogens is 1. The second-order valence-electron chi connectivity index (χ2n) is 5.49. The van der Waals surface area contributed by atoms with Crippen molar-refractivity contribution in [2.75, 3.05) is 12.9 Å². The summed E-state index contributed by atoms with van der Waals surface area (Å²) in [6.45, 7) is 0.428. The van der Waals surface area contributed by atoms with E-state index in [1.807, 2.05) is 42.5 Å². The SMILES string of the molecule is COC(=O)[C@H]1Cc2ccccc2CN1C(=O)CSc1ccccn1. The van der Waals surface area contributed by atoms with Crippen molar-refractivity contribution in [3.8, 4) is 0 Å². The maximum atomic E-state index is 12.7. The Bertz CT molecular complexity index is 736. The molecule has 24 heavy (non-hydrogen) atoms. The smallest absolute Gasteiger partial charge is 0.328 e. The van der Waals surface area contributed by atoms with E-state index in [1.54, 1.807) is 11.1 Å². The van der Waals surface area contributed by atoms with E-state index in [0.717, 1.165) is 16.2 Å². The van der Waals surface area contributed by atoms with Gasteiger partial charge in [-0.05, 0) is 23.3 Å². The van der Waals surface area contributed by atoms with Gasteiger partial charge in [0.2, 0.25) is 5.91 Å². The molecule has 1 aromatic carbocycles. The third-order valence-electron chi connectivity index (χ3n) is 4.02. The molecule has 1 aliphatic heterocycles. The fourth-order valence-electron chi connectivity index (χ4n) is 2.78. The van der Waals surface area contributed by atoms with E-state index in [9.17, 15) is 9.59 Å². The van der Waals surface area contributed by atoms with Crippen LogP contribution < -0.4 is 0 Å². The van der Waals surface area contributed by atoms with Crippen LogP contribution in [-0.4, -0.2) is 40.7 Å². The van der Waals surface area contributed by atoms with Gasteiger partial charge in [-0.3, -0.25) is 4.79 Å². The van der Waals surface area contributed by atoms with Gasteiger partial charge in [-0.1, -0.05) is 42.1 Å². The molecule has 0 unspecified atom stereocenters. The highest BCUT2D eigenvalue weighted by Gasteiger charge is 2.35. The lowest BCUT2D eigenvalue weighted by molar-refractivity contribution is -0.153. The number of rotatable bonds is 4. The Morgan fingerprint density at radius 3 is 2.67 bits per heavy atom. The molecule has 0 saturated carbocycles. The van der Waals surface area contributed by atoms with Gasteiger partial charge < -0.3 is 9.64 Å². The number of thioether (sulfide) groups is 1. The van der Waals surface area contributed by atoms with Crippen molar-refractivity contribution in [3.05, 3.63) is 59.8 Å². The van der Waals surface area contributed by atoms with Gasteiger partial charge in [-0.25, -0.2) is 9.78 Å². The van der Waals surface area contributed by atoms with Gasteiger partial charge in [-0.15, -0.1) is 0 Å². The summed E-state index contributed by atoms with van der Waals surface area (Å²) in [7, 11) is 1.36. The zero-order valence-corrected chi connectivity index (χ0v) is 14.2. The molecule has 0 N–H and O–H groups in total. The van der Waals surface area contributed by atoms with E-state index in [1.165, 1.54) is 18.9 Å². The average molecular weight is 342 g/mol. The molecule has 3 rings (SSSR count). The number of carbonyl (C=O) groups excluding carboxylic acids is 2. The molecule has 124 valence electrons. The van der Waals surface area contributed by atoms with Crippen LogP contribution in [0.5, 0.6) is 0 Å². The summed E-state index contributed by atoms with van der Waals surface area (Å²) in [5.41, 5.74) is 2.17. The number of fused-ring (bicyclic) bond motifs is 1. The van der Waals surface area contributed by atoms with Crippen molar-refractivity contribution < 1.29 is 14.3 Å². The summed E-state index contributed by atoms with van der Waals surface area (Å²) in [4.78, 5) is 30.6. The second-order valence-corrected chi connectivity index (χ2v) is 6.49. The van der Waals surface area contributed by atoms with Crippen molar-refractivity contribution in [1.29, 1.82) is 0 Å². The van der Waals surface area contributed by atoms with Crippen LogP contribution in [0.15, 0.2) is 53.7 Å². The maximum Gasteiger partial charge on any atom is 0.328 e. The van der Waals surface area contributed by atoms with E-state index in [0.29, 0.717) is 13.0 Å². The predicted octanol–water partition coefficient (Wildman–Crippen LogP) is 2.30. The summed E-state index contributed by atoms with van der Waals surface area (Å²) >= 11 is 1.37. The zero-order valence-electron chi connectivity index (χ0n) is 13.3. The summed E-state index contributed by atoms with van der Waals surface area (Å²) in [5.74, 6) is -0.219. The Kier molecular flexibility index (Phi) is 5.15. The molecule has 0 radical (unpaired) electrons. The molecule has 6 heteroatoms. The first kappa shape index (κ1) is 16.5. The van der Waals surface area contributed by atoms with Crippen LogP contribution in [-0.2, 0) is 27.3 Å². The third-order valence-corrected chi connectivity index (χ3v) is 4.95. The normalized spacial score (nSPS) is 16.4. The Labute approximate surface area is 145 Å². The fourth-order valence-corrected chi connectivity index (χ4v) is 3.53. The number of esters is 1. The molecule has 5 nitrogen and oxygen atoms in total. The summed E-state index contributed by atoms with van der Waals surface area (Å²) in [6.07, 6.45) is 2.18. The minimum absolute atomic E-state index is 0.0874. The number of benzene rings is 1. The zero-order chi connectivity index (χ0) is 16.9. The molecule has 1 aliphatic rings. The van der Waals surface area contributed by atoms with Crippen LogP contribution in [0.3, 0.4) is 0 Å². The van der Waals surface area contributed by atoms with Crippen LogP contribution in [0.25, 0.3) is 0 Å². The van der Waals surface area contributed by atoms with E-state index in [4.69, 9.17) is 4.74 Å². The Hall–Kier alpha value is -2.34. The Morgan fingerprint density at radius 1 is 1.21 bits per heavy atom. The lowest BCUT2D eigenvalue weighted by Gasteiger charge is -2.35. The molecule has 2 heterocycles. The summed E-state index contributed by atoms with van der Waals surface area (Å²) in [5, 5.41) is 0.790. The molecule has 0 spiro atoms. The predicted molar refractivity (Wildman–Crippen MR) is 91.5 cm³/mol. The van der Waals surface area contributed by atoms with Crippen LogP contribution in [0.2, 0.25) is 0 Å². The summed E-state index contributed by atoms with van der Waals surface area (Å²) in [6, 6.07) is 12.9. The van der Waals surface area contributed by atoms with Gasteiger partial charge in [0.25, 0.3) is 0 Å². The van der Waals surface area contributed by atoms with E-state index in [2.05, 4.69) is 4.98 Å². The largest absolute Gasteiger partial charge is 0.467 e. The van der Waals surface area contributed by atoms with Crippen molar-refractivity contribution >= 4 is 23.6 Å². The highest BCUT2D eigenvalue weighted by molar-refractivity contribution is 7.99. The number of ether oxygens (including phenoxy) is 1. The Balaban J connectivity index is 1.75. The quantitative estimate of drug-likeness (QED) is 0.630. The van der Waals surface area contributed by atoms with Gasteiger partial charge in [0.1, 0.15) is 6.04 Å². The average Bonchev–Trinajstić information content (AvgIpc) is 2.65. The monoisotopic (exact) mass is 342 g/mol. The molecule has 0 bridgehead atoms. The van der Waals surface area contributed by atoms with E-state index >= 15 is 0 Å². The topological polar surface area (TPSA) is 59.5 Å². The van der Waals surface area contributed by atoms with Gasteiger partial charge in [0.15, 0.2) is 0 Å². The van der Waals surface area contributed by atoms with Crippen LogP contribution in [0.4, 0.5) is 0 Å². The number of nitrogens with zero attached hydrogens (tertiary/aromatic N) is 2. The first-order chi connectivity index (χ1) is 11.7. The fraction of sp³-hybridized carbons (Fsp3) is 0.278. The molecule has 0 fully saturated rings. The number of methoxy groups -OCH3 is 1. The lowest BCUT2D eigenvalue weighted by Crippen LogP contribution is -2.49. The maximum absolute atomic E-state index is 12.7. The van der Waals surface area contributed by atoms with Crippen LogP contribution in [0.1, 0.15) is 11.1 Å². The molecule has 0 saturated heterocycles. The van der Waals surface area contributed by atoms with Crippen molar-refractivity contribution in [2.45, 2.75) is 24.0 Å². The minimum Gasteiger partial charge on any atom is -0.467 e. The van der Waals surface area contributed by atoms with Crippen molar-refractivity contribution in [2.24, 2.45) is 0 Å². The first-order valence-corrected chi connectivity index (χ1v) is 8.65.